The third-order valence-corrected chi connectivity index (χ3v) is 4.75. The van der Waals surface area contributed by atoms with E-state index >= 15 is 0 Å². The van der Waals surface area contributed by atoms with Gasteiger partial charge in [0, 0.05) is 22.9 Å². The summed E-state index contributed by atoms with van der Waals surface area (Å²) in [7, 11) is 0. The van der Waals surface area contributed by atoms with Crippen LogP contribution in [0.15, 0.2) is 76.1 Å². The van der Waals surface area contributed by atoms with Crippen LogP contribution in [0.4, 0.5) is 11.4 Å². The van der Waals surface area contributed by atoms with Gasteiger partial charge in [0.2, 0.25) is 5.89 Å². The van der Waals surface area contributed by atoms with Gasteiger partial charge in [-0.3, -0.25) is 15.1 Å². The lowest BCUT2D eigenvalue weighted by Gasteiger charge is -2.02. The summed E-state index contributed by atoms with van der Waals surface area (Å²) >= 11 is 6.02. The number of halogens is 1. The molecule has 30 heavy (non-hydrogen) atoms. The van der Waals surface area contributed by atoms with Gasteiger partial charge in [-0.2, -0.15) is 0 Å². The number of aryl methyl sites for hydroxylation is 1. The largest absolute Gasteiger partial charge is 0.436 e. The van der Waals surface area contributed by atoms with Crippen LogP contribution in [0.25, 0.3) is 28.6 Å². The summed E-state index contributed by atoms with van der Waals surface area (Å²) in [5.41, 5.74) is 4.44. The molecule has 0 bridgehead atoms. The van der Waals surface area contributed by atoms with E-state index < -0.39 is 4.92 Å². The number of aromatic nitrogens is 1. The Labute approximate surface area is 177 Å². The van der Waals surface area contributed by atoms with Gasteiger partial charge < -0.3 is 4.42 Å². The molecule has 0 aliphatic rings. The number of aliphatic imine (C=N–C) groups is 1. The Morgan fingerprint density at radius 3 is 2.80 bits per heavy atom. The summed E-state index contributed by atoms with van der Waals surface area (Å²) in [6.07, 6.45) is 4.94. The molecule has 0 amide bonds. The van der Waals surface area contributed by atoms with Crippen molar-refractivity contribution in [2.75, 3.05) is 0 Å². The molecule has 4 aromatic rings. The Morgan fingerprint density at radius 1 is 1.13 bits per heavy atom. The van der Waals surface area contributed by atoms with Gasteiger partial charge >= 0.3 is 0 Å². The van der Waals surface area contributed by atoms with E-state index in [0.717, 1.165) is 16.8 Å². The number of nitrogens with zero attached hydrogens (tertiary/aromatic N) is 3. The topological polar surface area (TPSA) is 81.5 Å². The van der Waals surface area contributed by atoms with E-state index in [0.29, 0.717) is 27.6 Å². The van der Waals surface area contributed by atoms with Crippen molar-refractivity contribution in [3.05, 3.63) is 93.0 Å². The Bertz CT molecular complexity index is 1310. The molecule has 148 valence electrons. The van der Waals surface area contributed by atoms with E-state index in [-0.39, 0.29) is 5.69 Å². The van der Waals surface area contributed by atoms with Crippen LogP contribution < -0.4 is 0 Å². The quantitative estimate of drug-likeness (QED) is 0.203. The van der Waals surface area contributed by atoms with Crippen LogP contribution in [0.3, 0.4) is 0 Å². The molecule has 0 fully saturated rings. The number of hydrogen-bond donors (Lipinski definition) is 0. The molecule has 1 aromatic heterocycles. The molecule has 3 aromatic carbocycles. The highest BCUT2D eigenvalue weighted by atomic mass is 35.5. The molecule has 0 saturated carbocycles. The fraction of sp³-hybridized carbons (Fsp3) is 0.0435. The molecule has 1 heterocycles. The van der Waals surface area contributed by atoms with Crippen LogP contribution >= 0.6 is 11.6 Å². The second-order valence-electron chi connectivity index (χ2n) is 6.59. The maximum Gasteiger partial charge on any atom is 0.276 e. The highest BCUT2D eigenvalue weighted by Crippen LogP contribution is 2.30. The van der Waals surface area contributed by atoms with Gasteiger partial charge in [0.1, 0.15) is 5.52 Å². The van der Waals surface area contributed by atoms with E-state index in [4.69, 9.17) is 16.0 Å². The number of allylic oxidation sites excluding steroid dienone is 1. The minimum Gasteiger partial charge on any atom is -0.436 e. The molecule has 0 atom stereocenters. The Hall–Kier alpha value is -3.77. The number of nitro groups is 1. The second kappa shape index (κ2) is 8.31. The lowest BCUT2D eigenvalue weighted by atomic mass is 10.1. The maximum absolute atomic E-state index is 11.1. The van der Waals surface area contributed by atoms with Gasteiger partial charge in [0.15, 0.2) is 5.58 Å². The number of para-hydroxylation sites is 1. The second-order valence-corrected chi connectivity index (χ2v) is 7.02. The lowest BCUT2D eigenvalue weighted by Crippen LogP contribution is -1.90. The summed E-state index contributed by atoms with van der Waals surface area (Å²) < 4.78 is 5.82. The van der Waals surface area contributed by atoms with Crippen LogP contribution in [-0.2, 0) is 0 Å². The number of fused-ring (bicyclic) bond motifs is 1. The van der Waals surface area contributed by atoms with E-state index in [9.17, 15) is 10.1 Å². The third kappa shape index (κ3) is 4.14. The van der Waals surface area contributed by atoms with E-state index in [1.165, 1.54) is 6.07 Å². The summed E-state index contributed by atoms with van der Waals surface area (Å²) in [4.78, 5) is 19.7. The predicted molar refractivity (Wildman–Crippen MR) is 119 cm³/mol. The van der Waals surface area contributed by atoms with Crippen molar-refractivity contribution in [3.63, 3.8) is 0 Å². The summed E-state index contributed by atoms with van der Waals surface area (Å²) in [6, 6.07) is 17.6. The predicted octanol–water partition coefficient (Wildman–Crippen LogP) is 6.78. The van der Waals surface area contributed by atoms with Crippen LogP contribution in [0.2, 0.25) is 5.02 Å². The monoisotopic (exact) mass is 417 g/mol. The maximum atomic E-state index is 11.1. The fourth-order valence-electron chi connectivity index (χ4n) is 2.97. The first-order valence-corrected chi connectivity index (χ1v) is 9.50. The molecule has 0 spiro atoms. The average molecular weight is 418 g/mol. The zero-order valence-corrected chi connectivity index (χ0v) is 16.7. The number of nitro benzene ring substituents is 1. The SMILES string of the molecule is Cc1ccc(-c2nc3cc(Cl)ccc3o2)cc1N=C/C=C\c1ccccc1[N+](=O)[O-]. The average Bonchev–Trinajstić information content (AvgIpc) is 3.15. The van der Waals surface area contributed by atoms with Crippen LogP contribution in [0.1, 0.15) is 11.1 Å². The van der Waals surface area contributed by atoms with Crippen molar-refractivity contribution in [2.45, 2.75) is 6.92 Å². The number of oxazole rings is 1. The summed E-state index contributed by atoms with van der Waals surface area (Å²) in [5.74, 6) is 0.485. The molecular formula is C23H16ClN3O3. The van der Waals surface area contributed by atoms with Gasteiger partial charge in [-0.05, 0) is 61.0 Å². The van der Waals surface area contributed by atoms with E-state index in [1.54, 1.807) is 54.8 Å². The molecule has 0 aliphatic carbocycles. The zero-order chi connectivity index (χ0) is 21.1. The molecular weight excluding hydrogens is 402 g/mol. The first kappa shape index (κ1) is 19.5. The Balaban J connectivity index is 1.60. The van der Waals surface area contributed by atoms with Crippen molar-refractivity contribution in [1.29, 1.82) is 0 Å². The van der Waals surface area contributed by atoms with Gasteiger partial charge in [-0.15, -0.1) is 0 Å². The van der Waals surface area contributed by atoms with Gasteiger partial charge in [0.05, 0.1) is 16.2 Å². The van der Waals surface area contributed by atoms with Gasteiger partial charge in [-0.25, -0.2) is 4.98 Å². The first-order valence-electron chi connectivity index (χ1n) is 9.12. The van der Waals surface area contributed by atoms with Crippen LogP contribution in [-0.4, -0.2) is 16.1 Å². The summed E-state index contributed by atoms with van der Waals surface area (Å²) in [5, 5.41) is 11.7. The molecule has 0 aliphatic heterocycles. The molecule has 6 nitrogen and oxygen atoms in total. The smallest absolute Gasteiger partial charge is 0.276 e. The normalized spacial score (nSPS) is 11.7. The third-order valence-electron chi connectivity index (χ3n) is 4.51. The standard InChI is InChI=1S/C23H16ClN3O3/c1-15-8-9-17(23-26-20-14-18(24)10-11-22(20)30-23)13-19(15)25-12-4-6-16-5-2-3-7-21(16)27(28)29/h2-14H,1H3/b6-4-,25-12?. The molecule has 7 heteroatoms. The van der Waals surface area contributed by atoms with Crippen molar-refractivity contribution >= 4 is 46.4 Å². The highest BCUT2D eigenvalue weighted by molar-refractivity contribution is 6.31. The Morgan fingerprint density at radius 2 is 1.97 bits per heavy atom. The van der Waals surface area contributed by atoms with Crippen molar-refractivity contribution in [2.24, 2.45) is 4.99 Å². The van der Waals surface area contributed by atoms with Crippen molar-refractivity contribution in [1.82, 2.24) is 4.98 Å². The van der Waals surface area contributed by atoms with Crippen LogP contribution in [0.5, 0.6) is 0 Å². The first-order chi connectivity index (χ1) is 14.5. The van der Waals surface area contributed by atoms with Crippen LogP contribution in [0, 0.1) is 17.0 Å². The number of hydrogen-bond acceptors (Lipinski definition) is 5. The van der Waals surface area contributed by atoms with E-state index in [2.05, 4.69) is 9.98 Å². The highest BCUT2D eigenvalue weighted by Gasteiger charge is 2.11. The van der Waals surface area contributed by atoms with E-state index in [1.807, 2.05) is 25.1 Å². The van der Waals surface area contributed by atoms with Crippen molar-refractivity contribution < 1.29 is 9.34 Å². The minimum absolute atomic E-state index is 0.0522. The molecule has 0 unspecified atom stereocenters. The molecule has 0 N–H and O–H groups in total. The number of benzene rings is 3. The Kier molecular flexibility index (Phi) is 5.41. The molecule has 0 saturated heterocycles. The summed E-state index contributed by atoms with van der Waals surface area (Å²) in [6.45, 7) is 1.95. The zero-order valence-electron chi connectivity index (χ0n) is 15.9. The lowest BCUT2D eigenvalue weighted by molar-refractivity contribution is -0.385. The van der Waals surface area contributed by atoms with Gasteiger partial charge in [0.25, 0.3) is 5.69 Å². The number of rotatable bonds is 5. The molecule has 4 rings (SSSR count). The molecule has 0 radical (unpaired) electrons. The minimum atomic E-state index is -0.405. The van der Waals surface area contributed by atoms with Gasteiger partial charge in [-0.1, -0.05) is 29.8 Å². The van der Waals surface area contributed by atoms with Crippen molar-refractivity contribution in [3.8, 4) is 11.5 Å². The fourth-order valence-corrected chi connectivity index (χ4v) is 3.14.